The second kappa shape index (κ2) is 10.0. The van der Waals surface area contributed by atoms with E-state index in [1.807, 2.05) is 0 Å². The maximum Gasteiger partial charge on any atom is 0.0547 e. The lowest BCUT2D eigenvalue weighted by Gasteiger charge is -2.14. The van der Waals surface area contributed by atoms with Gasteiger partial charge >= 0.3 is 0 Å². The van der Waals surface area contributed by atoms with Crippen LogP contribution in [0.25, 0.3) is 77.2 Å². The third-order valence-electron chi connectivity index (χ3n) is 9.10. The summed E-state index contributed by atoms with van der Waals surface area (Å²) in [5, 5.41) is 4.94. The zero-order valence-electron chi connectivity index (χ0n) is 24.6. The molecule has 0 fully saturated rings. The first-order chi connectivity index (χ1) is 22.3. The summed E-state index contributed by atoms with van der Waals surface area (Å²) in [6.07, 6.45) is 0. The van der Waals surface area contributed by atoms with Crippen molar-refractivity contribution < 1.29 is 0 Å². The first kappa shape index (κ1) is 25.4. The molecule has 0 spiro atoms. The van der Waals surface area contributed by atoms with Crippen molar-refractivity contribution in [1.29, 1.82) is 0 Å². The third-order valence-corrected chi connectivity index (χ3v) is 9.10. The van der Waals surface area contributed by atoms with Crippen LogP contribution in [-0.2, 0) is 0 Å². The van der Waals surface area contributed by atoms with E-state index in [1.54, 1.807) is 0 Å². The number of nitrogen functional groups attached to an aromatic ring is 1. The molecule has 2 aromatic heterocycles. The van der Waals surface area contributed by atoms with E-state index in [0.717, 1.165) is 39.3 Å². The minimum atomic E-state index is 0.779. The quantitative estimate of drug-likeness (QED) is 0.208. The van der Waals surface area contributed by atoms with Crippen molar-refractivity contribution in [2.24, 2.45) is 0 Å². The van der Waals surface area contributed by atoms with Crippen molar-refractivity contribution in [2.75, 3.05) is 5.73 Å². The molecule has 0 amide bonds. The standard InChI is InChI=1S/C42H29N3/c43-42-32(28-22-24-36-34-16-7-9-20-38(34)44(40(36)26-28)30-12-3-1-4-13-30)18-11-19-33(42)29-23-25-37-35-17-8-10-21-39(35)45(41(37)27-29)31-14-5-2-6-15-31/h1-27H,43H2. The van der Waals surface area contributed by atoms with Crippen molar-refractivity contribution in [3.63, 3.8) is 0 Å². The highest BCUT2D eigenvalue weighted by atomic mass is 15.0. The molecule has 0 bridgehead atoms. The van der Waals surface area contributed by atoms with Crippen molar-refractivity contribution in [1.82, 2.24) is 9.13 Å². The van der Waals surface area contributed by atoms with Crippen molar-refractivity contribution in [2.45, 2.75) is 0 Å². The largest absolute Gasteiger partial charge is 0.398 e. The highest BCUT2D eigenvalue weighted by molar-refractivity contribution is 6.12. The van der Waals surface area contributed by atoms with Gasteiger partial charge in [0.25, 0.3) is 0 Å². The molecule has 0 saturated carbocycles. The Morgan fingerprint density at radius 2 is 0.733 bits per heavy atom. The maximum absolute atomic E-state index is 7.07. The number of para-hydroxylation sites is 5. The fourth-order valence-corrected chi connectivity index (χ4v) is 7.06. The van der Waals surface area contributed by atoms with E-state index in [4.69, 9.17) is 5.73 Å². The van der Waals surface area contributed by atoms with Crippen LogP contribution in [-0.4, -0.2) is 9.13 Å². The summed E-state index contributed by atoms with van der Waals surface area (Å²) in [4.78, 5) is 0. The summed E-state index contributed by atoms with van der Waals surface area (Å²) in [6.45, 7) is 0. The van der Waals surface area contributed by atoms with Gasteiger partial charge < -0.3 is 14.9 Å². The second-order valence-electron chi connectivity index (χ2n) is 11.6. The number of hydrogen-bond donors (Lipinski definition) is 1. The van der Waals surface area contributed by atoms with Crippen molar-refractivity contribution >= 4 is 49.3 Å². The Morgan fingerprint density at radius 1 is 0.333 bits per heavy atom. The Kier molecular flexibility index (Phi) is 5.66. The molecule has 212 valence electrons. The highest BCUT2D eigenvalue weighted by Gasteiger charge is 2.17. The van der Waals surface area contributed by atoms with Gasteiger partial charge in [0, 0.05) is 49.7 Å². The number of nitrogens with zero attached hydrogens (tertiary/aromatic N) is 2. The molecule has 9 aromatic rings. The number of aromatic nitrogens is 2. The Bertz CT molecular complexity index is 2360. The smallest absolute Gasteiger partial charge is 0.0547 e. The average molecular weight is 576 g/mol. The van der Waals surface area contributed by atoms with Gasteiger partial charge in [-0.05, 0) is 59.7 Å². The van der Waals surface area contributed by atoms with Crippen LogP contribution >= 0.6 is 0 Å². The molecule has 0 unspecified atom stereocenters. The van der Waals surface area contributed by atoms with Gasteiger partial charge in [-0.2, -0.15) is 0 Å². The molecule has 3 nitrogen and oxygen atoms in total. The molecule has 0 radical (unpaired) electrons. The van der Waals surface area contributed by atoms with Gasteiger partial charge in [0.2, 0.25) is 0 Å². The zero-order chi connectivity index (χ0) is 29.9. The van der Waals surface area contributed by atoms with E-state index in [1.165, 1.54) is 43.6 Å². The average Bonchev–Trinajstić information content (AvgIpc) is 3.61. The number of hydrogen-bond acceptors (Lipinski definition) is 1. The van der Waals surface area contributed by atoms with Gasteiger partial charge in [-0.25, -0.2) is 0 Å². The molecule has 0 aliphatic carbocycles. The lowest BCUT2D eigenvalue weighted by molar-refractivity contribution is 1.18. The van der Waals surface area contributed by atoms with Crippen LogP contribution in [0.15, 0.2) is 164 Å². The van der Waals surface area contributed by atoms with Crippen molar-refractivity contribution in [3.8, 4) is 33.6 Å². The molecule has 45 heavy (non-hydrogen) atoms. The van der Waals surface area contributed by atoms with E-state index in [0.29, 0.717) is 0 Å². The lowest BCUT2D eigenvalue weighted by atomic mass is 9.95. The number of fused-ring (bicyclic) bond motifs is 6. The van der Waals surface area contributed by atoms with Crippen LogP contribution in [0.1, 0.15) is 0 Å². The van der Waals surface area contributed by atoms with E-state index in [-0.39, 0.29) is 0 Å². The summed E-state index contributed by atoms with van der Waals surface area (Å²) < 4.78 is 4.70. The zero-order valence-corrected chi connectivity index (χ0v) is 24.6. The minimum absolute atomic E-state index is 0.779. The molecule has 0 aliphatic rings. The molecular weight excluding hydrogens is 546 g/mol. The molecule has 3 heteroatoms. The van der Waals surface area contributed by atoms with Crippen LogP contribution < -0.4 is 5.73 Å². The van der Waals surface area contributed by atoms with Gasteiger partial charge in [-0.15, -0.1) is 0 Å². The Balaban J connectivity index is 1.23. The Labute approximate surface area is 261 Å². The fourth-order valence-electron chi connectivity index (χ4n) is 7.06. The molecule has 0 aliphatic heterocycles. The topological polar surface area (TPSA) is 35.9 Å². The predicted octanol–water partition coefficient (Wildman–Crippen LogP) is 10.8. The number of nitrogens with two attached hydrogens (primary N) is 1. The summed E-state index contributed by atoms with van der Waals surface area (Å²) >= 11 is 0. The van der Waals surface area contributed by atoms with E-state index < -0.39 is 0 Å². The fraction of sp³-hybridized carbons (Fsp3) is 0. The summed E-state index contributed by atoms with van der Waals surface area (Å²) in [6, 6.07) is 58.2. The minimum Gasteiger partial charge on any atom is -0.398 e. The van der Waals surface area contributed by atoms with Crippen LogP contribution in [0.4, 0.5) is 5.69 Å². The molecule has 7 aromatic carbocycles. The first-order valence-electron chi connectivity index (χ1n) is 15.3. The van der Waals surface area contributed by atoms with E-state index in [2.05, 4.69) is 173 Å². The highest BCUT2D eigenvalue weighted by Crippen LogP contribution is 2.41. The van der Waals surface area contributed by atoms with Crippen LogP contribution in [0.5, 0.6) is 0 Å². The number of anilines is 1. The predicted molar refractivity (Wildman–Crippen MR) is 190 cm³/mol. The molecule has 0 atom stereocenters. The molecule has 0 saturated heterocycles. The van der Waals surface area contributed by atoms with Gasteiger partial charge in [0.15, 0.2) is 0 Å². The maximum atomic E-state index is 7.07. The van der Waals surface area contributed by atoms with Crippen LogP contribution in [0, 0.1) is 0 Å². The SMILES string of the molecule is Nc1c(-c2ccc3c4ccccc4n(-c4ccccc4)c3c2)cccc1-c1ccc2c3ccccc3n(-c3ccccc3)c2c1. The third kappa shape index (κ3) is 3.91. The summed E-state index contributed by atoms with van der Waals surface area (Å²) in [5.41, 5.74) is 19.1. The summed E-state index contributed by atoms with van der Waals surface area (Å²) in [5.74, 6) is 0. The molecular formula is C42H29N3. The molecule has 9 rings (SSSR count). The van der Waals surface area contributed by atoms with Crippen molar-refractivity contribution in [3.05, 3.63) is 164 Å². The van der Waals surface area contributed by atoms with Gasteiger partial charge in [-0.1, -0.05) is 115 Å². The Hall–Kier alpha value is -6.06. The van der Waals surface area contributed by atoms with Gasteiger partial charge in [0.05, 0.1) is 22.1 Å². The van der Waals surface area contributed by atoms with Gasteiger partial charge in [0.1, 0.15) is 0 Å². The molecule has 2 heterocycles. The van der Waals surface area contributed by atoms with E-state index in [9.17, 15) is 0 Å². The first-order valence-corrected chi connectivity index (χ1v) is 15.3. The van der Waals surface area contributed by atoms with Crippen LogP contribution in [0.3, 0.4) is 0 Å². The monoisotopic (exact) mass is 575 g/mol. The normalized spacial score (nSPS) is 11.6. The van der Waals surface area contributed by atoms with Crippen LogP contribution in [0.2, 0.25) is 0 Å². The Morgan fingerprint density at radius 3 is 1.20 bits per heavy atom. The van der Waals surface area contributed by atoms with Gasteiger partial charge in [-0.3, -0.25) is 0 Å². The lowest BCUT2D eigenvalue weighted by Crippen LogP contribution is -1.96. The number of benzene rings is 7. The number of rotatable bonds is 4. The summed E-state index contributed by atoms with van der Waals surface area (Å²) in [7, 11) is 0. The molecule has 2 N–H and O–H groups in total. The van der Waals surface area contributed by atoms with E-state index >= 15 is 0 Å². The second-order valence-corrected chi connectivity index (χ2v) is 11.6.